The predicted octanol–water partition coefficient (Wildman–Crippen LogP) is 5.90. The summed E-state index contributed by atoms with van der Waals surface area (Å²) in [5.74, 6) is -0.124. The SMILES string of the molecule is COc1ccc(C)cc1S(=O)(=O)N(CC(=O)N1c2ccc(Br)cc2C[C@@H]1C)c1ccc(C)c(Cl)c1. The van der Waals surface area contributed by atoms with Crippen molar-refractivity contribution < 1.29 is 17.9 Å². The average Bonchev–Trinajstić information content (AvgIpc) is 3.13. The van der Waals surface area contributed by atoms with Gasteiger partial charge in [0.1, 0.15) is 17.2 Å². The molecule has 35 heavy (non-hydrogen) atoms. The van der Waals surface area contributed by atoms with Crippen molar-refractivity contribution in [2.24, 2.45) is 0 Å². The van der Waals surface area contributed by atoms with Crippen molar-refractivity contribution in [3.05, 3.63) is 80.8 Å². The van der Waals surface area contributed by atoms with E-state index in [1.54, 1.807) is 48.2 Å². The zero-order valence-corrected chi connectivity index (χ0v) is 23.0. The molecule has 0 saturated heterocycles. The highest BCUT2D eigenvalue weighted by Gasteiger charge is 2.36. The van der Waals surface area contributed by atoms with Gasteiger partial charge in [0.15, 0.2) is 0 Å². The van der Waals surface area contributed by atoms with E-state index in [0.717, 1.165) is 31.2 Å². The van der Waals surface area contributed by atoms with Gasteiger partial charge in [-0.3, -0.25) is 9.10 Å². The van der Waals surface area contributed by atoms with Crippen LogP contribution in [0.3, 0.4) is 0 Å². The van der Waals surface area contributed by atoms with Gasteiger partial charge in [-0.25, -0.2) is 8.42 Å². The number of rotatable bonds is 6. The fourth-order valence-electron chi connectivity index (χ4n) is 4.33. The van der Waals surface area contributed by atoms with E-state index in [2.05, 4.69) is 15.9 Å². The lowest BCUT2D eigenvalue weighted by molar-refractivity contribution is -0.117. The van der Waals surface area contributed by atoms with Gasteiger partial charge < -0.3 is 9.64 Å². The summed E-state index contributed by atoms with van der Waals surface area (Å²) in [7, 11) is -2.76. The summed E-state index contributed by atoms with van der Waals surface area (Å²) in [5, 5.41) is 0.413. The lowest BCUT2D eigenvalue weighted by Crippen LogP contribution is -2.45. The molecule has 0 unspecified atom stereocenters. The molecule has 3 aromatic rings. The summed E-state index contributed by atoms with van der Waals surface area (Å²) >= 11 is 9.84. The van der Waals surface area contributed by atoms with Crippen LogP contribution >= 0.6 is 27.5 Å². The van der Waals surface area contributed by atoms with Crippen molar-refractivity contribution in [3.63, 3.8) is 0 Å². The Morgan fingerprint density at radius 3 is 2.57 bits per heavy atom. The Balaban J connectivity index is 1.80. The maximum atomic E-state index is 14.0. The Kier molecular flexibility index (Phi) is 7.18. The molecule has 4 rings (SSSR count). The fraction of sp³-hybridized carbons (Fsp3) is 0.269. The van der Waals surface area contributed by atoms with Gasteiger partial charge in [0.25, 0.3) is 10.0 Å². The maximum Gasteiger partial charge on any atom is 0.268 e. The molecule has 0 aliphatic carbocycles. The summed E-state index contributed by atoms with van der Waals surface area (Å²) < 4.78 is 35.4. The van der Waals surface area contributed by atoms with E-state index in [1.807, 2.05) is 32.0 Å². The van der Waals surface area contributed by atoms with Crippen molar-refractivity contribution in [1.82, 2.24) is 0 Å². The van der Waals surface area contributed by atoms with Gasteiger partial charge in [0.2, 0.25) is 5.91 Å². The Hall–Kier alpha value is -2.55. The maximum absolute atomic E-state index is 14.0. The number of nitrogens with zero attached hydrogens (tertiary/aromatic N) is 2. The summed E-state index contributed by atoms with van der Waals surface area (Å²) in [6, 6.07) is 15.6. The third kappa shape index (κ3) is 4.92. The number of aryl methyl sites for hydroxylation is 2. The molecule has 1 heterocycles. The van der Waals surface area contributed by atoms with Crippen molar-refractivity contribution in [1.29, 1.82) is 0 Å². The average molecular weight is 578 g/mol. The van der Waals surface area contributed by atoms with Crippen LogP contribution in [0.4, 0.5) is 11.4 Å². The van der Waals surface area contributed by atoms with E-state index in [0.29, 0.717) is 17.1 Å². The van der Waals surface area contributed by atoms with Crippen molar-refractivity contribution >= 4 is 54.8 Å². The minimum Gasteiger partial charge on any atom is -0.495 e. The zero-order chi connectivity index (χ0) is 25.5. The predicted molar refractivity (Wildman–Crippen MR) is 143 cm³/mol. The first-order valence-corrected chi connectivity index (χ1v) is 13.7. The number of anilines is 2. The minimum atomic E-state index is -4.18. The van der Waals surface area contributed by atoms with Crippen LogP contribution in [0, 0.1) is 13.8 Å². The number of sulfonamides is 1. The van der Waals surface area contributed by atoms with Gasteiger partial charge in [-0.15, -0.1) is 0 Å². The Morgan fingerprint density at radius 1 is 1.14 bits per heavy atom. The molecule has 9 heteroatoms. The summed E-state index contributed by atoms with van der Waals surface area (Å²) in [4.78, 5) is 15.3. The molecule has 1 amide bonds. The molecule has 0 bridgehead atoms. The van der Waals surface area contributed by atoms with Gasteiger partial charge in [-0.05, 0) is 86.3 Å². The van der Waals surface area contributed by atoms with E-state index >= 15 is 0 Å². The van der Waals surface area contributed by atoms with Crippen LogP contribution < -0.4 is 13.9 Å². The van der Waals surface area contributed by atoms with Crippen LogP contribution in [0.2, 0.25) is 5.02 Å². The lowest BCUT2D eigenvalue weighted by atomic mass is 10.1. The molecule has 184 valence electrons. The lowest BCUT2D eigenvalue weighted by Gasteiger charge is -2.29. The van der Waals surface area contributed by atoms with E-state index in [-0.39, 0.29) is 22.6 Å². The molecule has 0 fully saturated rings. The summed E-state index contributed by atoms with van der Waals surface area (Å²) in [6.07, 6.45) is 0.690. The van der Waals surface area contributed by atoms with Gasteiger partial charge in [0.05, 0.1) is 12.8 Å². The number of ether oxygens (including phenoxy) is 1. The highest BCUT2D eigenvalue weighted by molar-refractivity contribution is 9.10. The van der Waals surface area contributed by atoms with Crippen LogP contribution in [0.15, 0.2) is 64.0 Å². The number of benzene rings is 3. The van der Waals surface area contributed by atoms with Gasteiger partial charge in [0, 0.05) is 21.2 Å². The second-order valence-electron chi connectivity index (χ2n) is 8.69. The molecule has 1 atom stereocenters. The monoisotopic (exact) mass is 576 g/mol. The van der Waals surface area contributed by atoms with Gasteiger partial charge in [-0.1, -0.05) is 39.7 Å². The smallest absolute Gasteiger partial charge is 0.268 e. The first kappa shape index (κ1) is 25.5. The standard InChI is InChI=1S/C26H26BrClN2O4S/c1-16-5-10-24(34-4)25(11-16)35(32,33)29(21-8-6-17(2)22(28)14-21)15-26(31)30-18(3)12-19-13-20(27)7-9-23(19)30/h5-11,13-14,18H,12,15H2,1-4H3/t18-/m0/s1. The van der Waals surface area contributed by atoms with Crippen LogP contribution in [0.25, 0.3) is 0 Å². The van der Waals surface area contributed by atoms with Crippen molar-refractivity contribution in [2.45, 2.75) is 38.1 Å². The molecule has 0 aromatic heterocycles. The number of amides is 1. The first-order chi connectivity index (χ1) is 16.5. The molecule has 0 saturated carbocycles. The topological polar surface area (TPSA) is 66.9 Å². The van der Waals surface area contributed by atoms with E-state index < -0.39 is 16.6 Å². The minimum absolute atomic E-state index is 0.0108. The highest BCUT2D eigenvalue weighted by Crippen LogP contribution is 2.36. The number of carbonyl (C=O) groups is 1. The van der Waals surface area contributed by atoms with Crippen LogP contribution in [0.5, 0.6) is 5.75 Å². The zero-order valence-electron chi connectivity index (χ0n) is 19.9. The molecular weight excluding hydrogens is 552 g/mol. The number of carbonyl (C=O) groups excluding carboxylic acids is 1. The summed E-state index contributed by atoms with van der Waals surface area (Å²) in [5.41, 5.74) is 3.69. The molecule has 6 nitrogen and oxygen atoms in total. The first-order valence-electron chi connectivity index (χ1n) is 11.1. The van der Waals surface area contributed by atoms with Crippen molar-refractivity contribution in [3.8, 4) is 5.75 Å². The third-order valence-corrected chi connectivity index (χ3v) is 8.83. The number of methoxy groups -OCH3 is 1. The molecule has 3 aromatic carbocycles. The molecule has 1 aliphatic rings. The third-order valence-electron chi connectivity index (χ3n) is 6.14. The van der Waals surface area contributed by atoms with Crippen molar-refractivity contribution in [2.75, 3.05) is 22.9 Å². The normalized spacial score (nSPS) is 15.1. The molecule has 0 N–H and O–H groups in total. The largest absolute Gasteiger partial charge is 0.495 e. The van der Waals surface area contributed by atoms with Crippen LogP contribution in [-0.4, -0.2) is 34.0 Å². The molecule has 0 spiro atoms. The second kappa shape index (κ2) is 9.84. The Morgan fingerprint density at radius 2 is 1.89 bits per heavy atom. The number of hydrogen-bond donors (Lipinski definition) is 0. The Bertz CT molecular complexity index is 1410. The molecule has 0 radical (unpaired) electrons. The van der Waals surface area contributed by atoms with Gasteiger partial charge >= 0.3 is 0 Å². The van der Waals surface area contributed by atoms with E-state index in [4.69, 9.17) is 16.3 Å². The van der Waals surface area contributed by atoms with Crippen LogP contribution in [0.1, 0.15) is 23.6 Å². The number of fused-ring (bicyclic) bond motifs is 1. The summed E-state index contributed by atoms with van der Waals surface area (Å²) in [6.45, 7) is 5.20. The second-order valence-corrected chi connectivity index (χ2v) is 11.8. The highest BCUT2D eigenvalue weighted by atomic mass is 79.9. The van der Waals surface area contributed by atoms with Crippen LogP contribution in [-0.2, 0) is 21.2 Å². The van der Waals surface area contributed by atoms with E-state index in [1.165, 1.54) is 7.11 Å². The number of halogens is 2. The Labute approximate surface area is 219 Å². The van der Waals surface area contributed by atoms with Gasteiger partial charge in [-0.2, -0.15) is 0 Å². The van der Waals surface area contributed by atoms with E-state index in [9.17, 15) is 13.2 Å². The molecular formula is C26H26BrClN2O4S. The molecule has 1 aliphatic heterocycles. The number of hydrogen-bond acceptors (Lipinski definition) is 4. The quantitative estimate of drug-likeness (QED) is 0.366. The fourth-order valence-corrected chi connectivity index (χ4v) is 6.57.